The molecule has 0 saturated carbocycles. The minimum absolute atomic E-state index is 0.0642. The Kier molecular flexibility index (Phi) is 7.82. The second kappa shape index (κ2) is 11.3. The van der Waals surface area contributed by atoms with E-state index in [0.717, 1.165) is 17.9 Å². The van der Waals surface area contributed by atoms with Crippen molar-refractivity contribution in [2.45, 2.75) is 44.8 Å². The molecule has 2 aliphatic rings. The van der Waals surface area contributed by atoms with Crippen molar-refractivity contribution < 1.29 is 17.9 Å². The molecule has 2 N–H and O–H groups in total. The third-order valence-electron chi connectivity index (χ3n) is 7.07. The fraction of sp³-hybridized carbons (Fsp3) is 0.462. The zero-order chi connectivity index (χ0) is 27.6. The van der Waals surface area contributed by atoms with E-state index >= 15 is 0 Å². The van der Waals surface area contributed by atoms with Gasteiger partial charge < -0.3 is 20.3 Å². The summed E-state index contributed by atoms with van der Waals surface area (Å²) in [7, 11) is -3.78. The van der Waals surface area contributed by atoms with Crippen molar-refractivity contribution in [1.82, 2.24) is 34.3 Å². The van der Waals surface area contributed by atoms with E-state index in [1.54, 1.807) is 16.9 Å². The van der Waals surface area contributed by atoms with E-state index in [0.29, 0.717) is 57.0 Å². The number of amides is 1. The lowest BCUT2D eigenvalue weighted by atomic mass is 10.1. The minimum Gasteiger partial charge on any atom is -0.478 e. The SMILES string of the molecule is CCOc1ncc(S(=O)(=O)N2CCN(CC)CC2)cc1C1NC(=O)c2nn(Cc3ccccn3)c(CC)c2N1. The smallest absolute Gasteiger partial charge is 0.275 e. The maximum absolute atomic E-state index is 13.5. The summed E-state index contributed by atoms with van der Waals surface area (Å²) in [6.45, 7) is 9.70. The van der Waals surface area contributed by atoms with Crippen molar-refractivity contribution in [3.8, 4) is 5.88 Å². The van der Waals surface area contributed by atoms with Gasteiger partial charge in [0.25, 0.3) is 5.91 Å². The summed E-state index contributed by atoms with van der Waals surface area (Å²) in [5.41, 5.74) is 2.99. The van der Waals surface area contributed by atoms with Crippen molar-refractivity contribution in [3.63, 3.8) is 0 Å². The number of piperazine rings is 1. The van der Waals surface area contributed by atoms with Gasteiger partial charge in [-0.25, -0.2) is 13.4 Å². The van der Waals surface area contributed by atoms with Crippen LogP contribution in [0.15, 0.2) is 41.6 Å². The van der Waals surface area contributed by atoms with E-state index in [1.165, 1.54) is 10.5 Å². The molecule has 5 rings (SSSR count). The van der Waals surface area contributed by atoms with Gasteiger partial charge in [0, 0.05) is 32.4 Å². The molecule has 2 aliphatic heterocycles. The Labute approximate surface area is 228 Å². The molecule has 1 fully saturated rings. The van der Waals surface area contributed by atoms with Gasteiger partial charge in [-0.15, -0.1) is 0 Å². The molecular weight excluding hydrogens is 520 g/mol. The Morgan fingerprint density at radius 2 is 1.87 bits per heavy atom. The largest absolute Gasteiger partial charge is 0.478 e. The molecule has 1 saturated heterocycles. The number of nitrogens with one attached hydrogen (secondary N) is 2. The average molecular weight is 555 g/mol. The van der Waals surface area contributed by atoms with Crippen LogP contribution in [0, 0.1) is 0 Å². The lowest BCUT2D eigenvalue weighted by Crippen LogP contribution is -2.48. The van der Waals surface area contributed by atoms with Crippen LogP contribution in [0.1, 0.15) is 54.4 Å². The molecule has 208 valence electrons. The van der Waals surface area contributed by atoms with Crippen LogP contribution >= 0.6 is 0 Å². The summed E-state index contributed by atoms with van der Waals surface area (Å²) in [6, 6.07) is 7.21. The summed E-state index contributed by atoms with van der Waals surface area (Å²) in [4.78, 5) is 24.2. The summed E-state index contributed by atoms with van der Waals surface area (Å²) in [6.07, 6.45) is 2.91. The zero-order valence-corrected chi connectivity index (χ0v) is 23.2. The predicted molar refractivity (Wildman–Crippen MR) is 145 cm³/mol. The van der Waals surface area contributed by atoms with Gasteiger partial charge in [-0.2, -0.15) is 9.40 Å². The molecule has 39 heavy (non-hydrogen) atoms. The van der Waals surface area contributed by atoms with Crippen LogP contribution in [0.25, 0.3) is 0 Å². The predicted octanol–water partition coefficient (Wildman–Crippen LogP) is 1.86. The molecule has 0 spiro atoms. The van der Waals surface area contributed by atoms with Crippen molar-refractivity contribution in [2.75, 3.05) is 44.6 Å². The number of nitrogens with zero attached hydrogens (tertiary/aromatic N) is 6. The summed E-state index contributed by atoms with van der Waals surface area (Å²) >= 11 is 0. The molecule has 3 aromatic rings. The quantitative estimate of drug-likeness (QED) is 0.406. The molecule has 1 atom stereocenters. The number of anilines is 1. The highest BCUT2D eigenvalue weighted by Gasteiger charge is 2.35. The standard InChI is InChI=1S/C26H34N8O4S/c1-4-21-22-23(31-34(21)17-18-9-7-8-10-27-18)25(35)30-24(29-22)20-15-19(16-28-26(20)38-6-3)39(36,37)33-13-11-32(5-2)12-14-33/h7-10,15-16,24,29H,4-6,11-14,17H2,1-3H3,(H,30,35). The molecule has 13 heteroatoms. The Morgan fingerprint density at radius 1 is 1.08 bits per heavy atom. The summed E-state index contributed by atoms with van der Waals surface area (Å²) in [5, 5.41) is 10.8. The number of carbonyl (C=O) groups excluding carboxylic acids is 1. The van der Waals surface area contributed by atoms with E-state index < -0.39 is 16.2 Å². The molecule has 0 bridgehead atoms. The second-order valence-corrected chi connectivity index (χ2v) is 11.3. The van der Waals surface area contributed by atoms with Crippen LogP contribution in [0.5, 0.6) is 5.88 Å². The number of aromatic nitrogens is 4. The molecule has 0 radical (unpaired) electrons. The van der Waals surface area contributed by atoms with E-state index in [9.17, 15) is 13.2 Å². The van der Waals surface area contributed by atoms with Gasteiger partial charge in [0.05, 0.1) is 42.0 Å². The fourth-order valence-electron chi connectivity index (χ4n) is 4.97. The Bertz CT molecular complexity index is 1440. The third kappa shape index (κ3) is 5.34. The number of fused-ring (bicyclic) bond motifs is 1. The number of hydrogen-bond acceptors (Lipinski definition) is 9. The van der Waals surface area contributed by atoms with Gasteiger partial charge >= 0.3 is 0 Å². The first-order valence-corrected chi connectivity index (χ1v) is 14.7. The van der Waals surface area contributed by atoms with Gasteiger partial charge in [0.15, 0.2) is 5.69 Å². The number of carbonyl (C=O) groups is 1. The minimum atomic E-state index is -3.78. The first kappa shape index (κ1) is 27.0. The van der Waals surface area contributed by atoms with Gasteiger partial charge in [-0.1, -0.05) is 19.9 Å². The maximum atomic E-state index is 13.5. The van der Waals surface area contributed by atoms with Crippen molar-refractivity contribution in [3.05, 3.63) is 59.3 Å². The molecule has 0 aliphatic carbocycles. The van der Waals surface area contributed by atoms with Crippen molar-refractivity contribution in [2.24, 2.45) is 0 Å². The van der Waals surface area contributed by atoms with Crippen LogP contribution in [0.3, 0.4) is 0 Å². The summed E-state index contributed by atoms with van der Waals surface area (Å²) < 4.78 is 36.1. The highest BCUT2D eigenvalue weighted by Crippen LogP contribution is 2.34. The normalized spacial score (nSPS) is 18.3. The molecular formula is C26H34N8O4S. The fourth-order valence-corrected chi connectivity index (χ4v) is 6.37. The Morgan fingerprint density at radius 3 is 2.54 bits per heavy atom. The Hall–Kier alpha value is -3.55. The van der Waals surface area contributed by atoms with Crippen LogP contribution in [-0.2, 0) is 23.0 Å². The van der Waals surface area contributed by atoms with E-state index in [4.69, 9.17) is 4.74 Å². The number of sulfonamides is 1. The van der Waals surface area contributed by atoms with Crippen LogP contribution in [0.2, 0.25) is 0 Å². The second-order valence-electron chi connectivity index (χ2n) is 9.39. The van der Waals surface area contributed by atoms with Crippen molar-refractivity contribution in [1.29, 1.82) is 0 Å². The lowest BCUT2D eigenvalue weighted by Gasteiger charge is -2.33. The molecule has 5 heterocycles. The van der Waals surface area contributed by atoms with Crippen LogP contribution < -0.4 is 15.4 Å². The maximum Gasteiger partial charge on any atom is 0.275 e. The molecule has 1 unspecified atom stereocenters. The topological polar surface area (TPSA) is 135 Å². The van der Waals surface area contributed by atoms with Crippen molar-refractivity contribution >= 4 is 21.6 Å². The van der Waals surface area contributed by atoms with Crippen LogP contribution in [0.4, 0.5) is 5.69 Å². The monoisotopic (exact) mass is 554 g/mol. The first-order chi connectivity index (χ1) is 18.8. The average Bonchev–Trinajstić information content (AvgIpc) is 3.31. The molecule has 0 aromatic carbocycles. The lowest BCUT2D eigenvalue weighted by molar-refractivity contribution is 0.0929. The van der Waals surface area contributed by atoms with Gasteiger partial charge in [0.1, 0.15) is 11.1 Å². The first-order valence-electron chi connectivity index (χ1n) is 13.3. The van der Waals surface area contributed by atoms with E-state index in [2.05, 4.69) is 37.5 Å². The number of pyridine rings is 2. The Balaban J connectivity index is 1.48. The highest BCUT2D eigenvalue weighted by atomic mass is 32.2. The molecule has 3 aromatic heterocycles. The number of rotatable bonds is 9. The number of hydrogen-bond donors (Lipinski definition) is 2. The zero-order valence-electron chi connectivity index (χ0n) is 22.4. The molecule has 1 amide bonds. The van der Waals surface area contributed by atoms with Gasteiger partial charge in [-0.05, 0) is 38.1 Å². The molecule has 12 nitrogen and oxygen atoms in total. The van der Waals surface area contributed by atoms with Gasteiger partial charge in [-0.3, -0.25) is 14.5 Å². The van der Waals surface area contributed by atoms with Crippen LogP contribution in [-0.4, -0.2) is 82.6 Å². The highest BCUT2D eigenvalue weighted by molar-refractivity contribution is 7.89. The third-order valence-corrected chi connectivity index (χ3v) is 8.94. The number of likely N-dealkylation sites (N-methyl/N-ethyl adjacent to an activating group) is 1. The summed E-state index contributed by atoms with van der Waals surface area (Å²) in [5.74, 6) is -0.109. The number of ether oxygens (including phenoxy) is 1. The van der Waals surface area contributed by atoms with E-state index in [-0.39, 0.29) is 22.4 Å². The van der Waals surface area contributed by atoms with Gasteiger partial charge in [0.2, 0.25) is 15.9 Å². The van der Waals surface area contributed by atoms with E-state index in [1.807, 2.05) is 32.0 Å².